The van der Waals surface area contributed by atoms with Crippen molar-refractivity contribution in [1.82, 2.24) is 14.8 Å². The number of rotatable bonds is 9. The average Bonchev–Trinajstić information content (AvgIpc) is 2.74. The largest absolute Gasteiger partial charge is 0.383 e. The Morgan fingerprint density at radius 1 is 1.24 bits per heavy atom. The number of aromatic nitrogens is 3. The van der Waals surface area contributed by atoms with Crippen LogP contribution in [0.15, 0.2) is 0 Å². The fraction of sp³-hybridized carbons (Fsp3) is 0.818. The molecule has 0 amide bonds. The molecule has 1 rings (SSSR count). The summed E-state index contributed by atoms with van der Waals surface area (Å²) < 4.78 is 12.4. The van der Waals surface area contributed by atoms with Gasteiger partial charge in [-0.15, -0.1) is 21.8 Å². The standard InChI is InChI=1S/C11H20ClN3O2/c1-3-17-7-4-5-10-13-14-11(9-12)15(10)6-8-16-2/h3-9H2,1-2H3. The summed E-state index contributed by atoms with van der Waals surface area (Å²) in [5.74, 6) is 2.13. The molecule has 98 valence electrons. The third-order valence-electron chi connectivity index (χ3n) is 2.44. The lowest BCUT2D eigenvalue weighted by Gasteiger charge is -2.08. The van der Waals surface area contributed by atoms with Gasteiger partial charge in [0.05, 0.1) is 12.5 Å². The number of hydrogen-bond acceptors (Lipinski definition) is 4. The fourth-order valence-corrected chi connectivity index (χ4v) is 1.77. The highest BCUT2D eigenvalue weighted by Crippen LogP contribution is 2.07. The second kappa shape index (κ2) is 8.44. The SMILES string of the molecule is CCOCCCc1nnc(CCl)n1CCOC. The highest BCUT2D eigenvalue weighted by molar-refractivity contribution is 6.16. The van der Waals surface area contributed by atoms with Crippen LogP contribution >= 0.6 is 11.6 Å². The van der Waals surface area contributed by atoms with Crippen LogP contribution in [-0.2, 0) is 28.3 Å². The predicted octanol–water partition coefficient (Wildman–Crippen LogP) is 1.63. The molecule has 0 aliphatic carbocycles. The van der Waals surface area contributed by atoms with E-state index < -0.39 is 0 Å². The number of methoxy groups -OCH3 is 1. The molecule has 0 saturated heterocycles. The van der Waals surface area contributed by atoms with Crippen molar-refractivity contribution in [3.63, 3.8) is 0 Å². The summed E-state index contributed by atoms with van der Waals surface area (Å²) in [5.41, 5.74) is 0. The minimum Gasteiger partial charge on any atom is -0.383 e. The van der Waals surface area contributed by atoms with Crippen LogP contribution in [0.4, 0.5) is 0 Å². The minimum atomic E-state index is 0.377. The van der Waals surface area contributed by atoms with E-state index in [1.54, 1.807) is 7.11 Å². The van der Waals surface area contributed by atoms with Gasteiger partial charge >= 0.3 is 0 Å². The predicted molar refractivity (Wildman–Crippen MR) is 66.3 cm³/mol. The van der Waals surface area contributed by atoms with Gasteiger partial charge in [0.2, 0.25) is 0 Å². The third-order valence-corrected chi connectivity index (χ3v) is 2.67. The molecular formula is C11H20ClN3O2. The van der Waals surface area contributed by atoms with Crippen molar-refractivity contribution < 1.29 is 9.47 Å². The van der Waals surface area contributed by atoms with Crippen molar-refractivity contribution in [2.75, 3.05) is 26.9 Å². The topological polar surface area (TPSA) is 49.2 Å². The van der Waals surface area contributed by atoms with Crippen LogP contribution in [0.2, 0.25) is 0 Å². The normalized spacial score (nSPS) is 11.0. The van der Waals surface area contributed by atoms with Crippen LogP contribution in [0.1, 0.15) is 25.0 Å². The van der Waals surface area contributed by atoms with Crippen LogP contribution in [0.3, 0.4) is 0 Å². The molecule has 0 saturated carbocycles. The van der Waals surface area contributed by atoms with Crippen LogP contribution in [0, 0.1) is 0 Å². The Hall–Kier alpha value is -0.650. The fourth-order valence-electron chi connectivity index (χ4n) is 1.57. The molecule has 0 atom stereocenters. The van der Waals surface area contributed by atoms with E-state index in [2.05, 4.69) is 10.2 Å². The molecule has 0 aromatic carbocycles. The molecule has 0 radical (unpaired) electrons. The lowest BCUT2D eigenvalue weighted by atomic mass is 10.3. The number of ether oxygens (including phenoxy) is 2. The lowest BCUT2D eigenvalue weighted by Crippen LogP contribution is -2.11. The molecule has 0 aliphatic rings. The minimum absolute atomic E-state index is 0.377. The van der Waals surface area contributed by atoms with E-state index >= 15 is 0 Å². The molecule has 0 spiro atoms. The van der Waals surface area contributed by atoms with Crippen LogP contribution in [0.25, 0.3) is 0 Å². The van der Waals surface area contributed by atoms with E-state index in [-0.39, 0.29) is 0 Å². The lowest BCUT2D eigenvalue weighted by molar-refractivity contribution is 0.144. The number of halogens is 1. The summed E-state index contributed by atoms with van der Waals surface area (Å²) in [6.07, 6.45) is 1.80. The zero-order valence-electron chi connectivity index (χ0n) is 10.5. The highest BCUT2D eigenvalue weighted by atomic mass is 35.5. The van der Waals surface area contributed by atoms with Gasteiger partial charge in [0.15, 0.2) is 0 Å². The molecular weight excluding hydrogens is 242 g/mol. The van der Waals surface area contributed by atoms with Gasteiger partial charge in [-0.05, 0) is 13.3 Å². The van der Waals surface area contributed by atoms with E-state index in [1.165, 1.54) is 0 Å². The summed E-state index contributed by atoms with van der Waals surface area (Å²) in [7, 11) is 1.68. The van der Waals surface area contributed by atoms with Crippen molar-refractivity contribution in [3.8, 4) is 0 Å². The van der Waals surface area contributed by atoms with Crippen LogP contribution in [-0.4, -0.2) is 41.7 Å². The van der Waals surface area contributed by atoms with Gasteiger partial charge in [-0.3, -0.25) is 0 Å². The number of hydrogen-bond donors (Lipinski definition) is 0. The van der Waals surface area contributed by atoms with E-state index in [9.17, 15) is 0 Å². The Morgan fingerprint density at radius 2 is 2.00 bits per heavy atom. The van der Waals surface area contributed by atoms with E-state index in [1.807, 2.05) is 11.5 Å². The van der Waals surface area contributed by atoms with Gasteiger partial charge in [0.1, 0.15) is 11.6 Å². The average molecular weight is 262 g/mol. The highest BCUT2D eigenvalue weighted by Gasteiger charge is 2.10. The van der Waals surface area contributed by atoms with Gasteiger partial charge in [0.25, 0.3) is 0 Å². The molecule has 1 aromatic heterocycles. The second-order valence-corrected chi connectivity index (χ2v) is 3.88. The van der Waals surface area contributed by atoms with Crippen molar-refractivity contribution in [3.05, 3.63) is 11.6 Å². The molecule has 17 heavy (non-hydrogen) atoms. The summed E-state index contributed by atoms with van der Waals surface area (Å²) in [4.78, 5) is 0. The Bertz CT molecular complexity index is 318. The first-order valence-electron chi connectivity index (χ1n) is 5.87. The van der Waals surface area contributed by atoms with Crippen molar-refractivity contribution >= 4 is 11.6 Å². The van der Waals surface area contributed by atoms with Gasteiger partial charge in [-0.25, -0.2) is 0 Å². The second-order valence-electron chi connectivity index (χ2n) is 3.61. The molecule has 0 bridgehead atoms. The van der Waals surface area contributed by atoms with Crippen LogP contribution < -0.4 is 0 Å². The molecule has 0 fully saturated rings. The smallest absolute Gasteiger partial charge is 0.148 e. The first kappa shape index (κ1) is 14.4. The maximum atomic E-state index is 5.82. The Morgan fingerprint density at radius 3 is 2.65 bits per heavy atom. The van der Waals surface area contributed by atoms with Gasteiger partial charge in [-0.1, -0.05) is 0 Å². The quantitative estimate of drug-likeness (QED) is 0.501. The van der Waals surface area contributed by atoms with E-state index in [4.69, 9.17) is 21.1 Å². The number of aryl methyl sites for hydroxylation is 1. The van der Waals surface area contributed by atoms with Gasteiger partial charge in [0, 0.05) is 33.3 Å². The monoisotopic (exact) mass is 261 g/mol. The molecule has 6 heteroatoms. The van der Waals surface area contributed by atoms with E-state index in [0.717, 1.165) is 44.2 Å². The van der Waals surface area contributed by atoms with Gasteiger partial charge < -0.3 is 14.0 Å². The maximum Gasteiger partial charge on any atom is 0.148 e. The maximum absolute atomic E-state index is 5.82. The first-order valence-corrected chi connectivity index (χ1v) is 6.40. The Labute approximate surface area is 107 Å². The summed E-state index contributed by atoms with van der Waals surface area (Å²) in [5, 5.41) is 8.23. The molecule has 5 nitrogen and oxygen atoms in total. The summed E-state index contributed by atoms with van der Waals surface area (Å²) in [6.45, 7) is 4.88. The number of alkyl halides is 1. The zero-order valence-corrected chi connectivity index (χ0v) is 11.2. The molecule has 0 aliphatic heterocycles. The first-order chi connectivity index (χ1) is 8.33. The molecule has 1 heterocycles. The summed E-state index contributed by atoms with van der Waals surface area (Å²) in [6, 6.07) is 0. The van der Waals surface area contributed by atoms with Crippen molar-refractivity contribution in [2.24, 2.45) is 0 Å². The van der Waals surface area contributed by atoms with Gasteiger partial charge in [-0.2, -0.15) is 0 Å². The molecule has 0 unspecified atom stereocenters. The molecule has 0 N–H and O–H groups in total. The number of nitrogens with zero attached hydrogens (tertiary/aromatic N) is 3. The van der Waals surface area contributed by atoms with E-state index in [0.29, 0.717) is 12.5 Å². The van der Waals surface area contributed by atoms with Crippen LogP contribution in [0.5, 0.6) is 0 Å². The van der Waals surface area contributed by atoms with Crippen molar-refractivity contribution in [1.29, 1.82) is 0 Å². The molecule has 1 aromatic rings. The third kappa shape index (κ3) is 4.61. The Balaban J connectivity index is 2.53. The Kier molecular flexibility index (Phi) is 7.16. The summed E-state index contributed by atoms with van der Waals surface area (Å²) >= 11 is 5.82. The zero-order chi connectivity index (χ0) is 12.5. The van der Waals surface area contributed by atoms with Crippen molar-refractivity contribution in [2.45, 2.75) is 32.2 Å².